The van der Waals surface area contributed by atoms with E-state index < -0.39 is 24.2 Å². The predicted molar refractivity (Wildman–Crippen MR) is 91.0 cm³/mol. The average Bonchev–Trinajstić information content (AvgIpc) is 2.62. The zero-order chi connectivity index (χ0) is 18.7. The molecule has 1 aliphatic rings. The number of Topliss-reactive ketones (excluding diaryl/α,β-unsaturated/α-hetero) is 1. The van der Waals surface area contributed by atoms with Gasteiger partial charge < -0.3 is 14.8 Å². The lowest BCUT2D eigenvalue weighted by Gasteiger charge is -2.18. The summed E-state index contributed by atoms with van der Waals surface area (Å²) in [6.07, 6.45) is -0.382. The van der Waals surface area contributed by atoms with Gasteiger partial charge in [-0.1, -0.05) is 17.7 Å². The van der Waals surface area contributed by atoms with E-state index in [0.29, 0.717) is 11.4 Å². The van der Waals surface area contributed by atoms with Gasteiger partial charge in [-0.05, 0) is 30.3 Å². The van der Waals surface area contributed by atoms with E-state index in [4.69, 9.17) is 21.1 Å². The molecule has 0 aromatic heterocycles. The Morgan fingerprint density at radius 3 is 2.85 bits per heavy atom. The number of esters is 1. The zero-order valence-electron chi connectivity index (χ0n) is 13.4. The van der Waals surface area contributed by atoms with Crippen LogP contribution in [0.1, 0.15) is 15.9 Å². The van der Waals surface area contributed by atoms with Gasteiger partial charge in [0, 0.05) is 16.1 Å². The van der Waals surface area contributed by atoms with Crippen LogP contribution in [0.25, 0.3) is 0 Å². The number of nitrogens with one attached hydrogen (secondary N) is 1. The monoisotopic (exact) mass is 377 g/mol. The molecule has 1 aliphatic heterocycles. The summed E-state index contributed by atoms with van der Waals surface area (Å²) in [5.41, 5.74) is 0.628. The second-order valence-electron chi connectivity index (χ2n) is 5.51. The van der Waals surface area contributed by atoms with E-state index in [0.717, 1.165) is 0 Å². The summed E-state index contributed by atoms with van der Waals surface area (Å²) in [5, 5.41) is 2.69. The van der Waals surface area contributed by atoms with Gasteiger partial charge in [-0.2, -0.15) is 0 Å². The molecule has 0 unspecified atom stereocenters. The van der Waals surface area contributed by atoms with Gasteiger partial charge in [0.25, 0.3) is 5.91 Å². The molecule has 0 saturated heterocycles. The van der Waals surface area contributed by atoms with Gasteiger partial charge in [0.05, 0.1) is 12.1 Å². The highest BCUT2D eigenvalue weighted by molar-refractivity contribution is 6.31. The smallest absolute Gasteiger partial charge is 0.310 e. The van der Waals surface area contributed by atoms with Gasteiger partial charge >= 0.3 is 5.97 Å². The second kappa shape index (κ2) is 7.53. The second-order valence-corrected chi connectivity index (χ2v) is 5.92. The van der Waals surface area contributed by atoms with Crippen LogP contribution in [0.15, 0.2) is 36.4 Å². The number of benzene rings is 2. The van der Waals surface area contributed by atoms with E-state index >= 15 is 0 Å². The summed E-state index contributed by atoms with van der Waals surface area (Å²) >= 11 is 5.85. The van der Waals surface area contributed by atoms with E-state index in [1.165, 1.54) is 30.3 Å². The molecule has 2 aromatic rings. The molecule has 134 valence electrons. The Hall–Kier alpha value is -2.93. The van der Waals surface area contributed by atoms with Gasteiger partial charge in [0.1, 0.15) is 11.6 Å². The predicted octanol–water partition coefficient (Wildman–Crippen LogP) is 2.78. The topological polar surface area (TPSA) is 81.7 Å². The first-order valence-electron chi connectivity index (χ1n) is 7.62. The zero-order valence-corrected chi connectivity index (χ0v) is 14.1. The van der Waals surface area contributed by atoms with Crippen molar-refractivity contribution < 1.29 is 28.2 Å². The van der Waals surface area contributed by atoms with E-state index in [2.05, 4.69) is 5.32 Å². The summed E-state index contributed by atoms with van der Waals surface area (Å²) in [5.74, 6) is -1.74. The Labute approximate surface area is 152 Å². The first-order chi connectivity index (χ1) is 12.4. The van der Waals surface area contributed by atoms with Crippen molar-refractivity contribution in [2.24, 2.45) is 0 Å². The molecule has 0 fully saturated rings. The normalized spacial score (nSPS) is 12.6. The van der Waals surface area contributed by atoms with Crippen molar-refractivity contribution in [1.29, 1.82) is 0 Å². The molecule has 1 heterocycles. The first kappa shape index (κ1) is 17.9. The van der Waals surface area contributed by atoms with Crippen molar-refractivity contribution in [3.8, 4) is 5.75 Å². The number of amides is 1. The largest absolute Gasteiger partial charge is 0.482 e. The van der Waals surface area contributed by atoms with Crippen molar-refractivity contribution in [2.45, 2.75) is 6.42 Å². The number of anilines is 1. The van der Waals surface area contributed by atoms with E-state index in [1.54, 1.807) is 6.07 Å². The molecule has 1 amide bonds. The molecule has 0 bridgehead atoms. The highest BCUT2D eigenvalue weighted by Gasteiger charge is 2.19. The summed E-state index contributed by atoms with van der Waals surface area (Å²) in [6, 6.07) is 8.55. The molecule has 0 atom stereocenters. The van der Waals surface area contributed by atoms with Gasteiger partial charge in [-0.25, -0.2) is 4.39 Å². The van der Waals surface area contributed by atoms with Crippen molar-refractivity contribution in [1.82, 2.24) is 0 Å². The molecule has 26 heavy (non-hydrogen) atoms. The fraction of sp³-hybridized carbons (Fsp3) is 0.167. The van der Waals surface area contributed by atoms with Crippen LogP contribution in [0, 0.1) is 5.82 Å². The fourth-order valence-electron chi connectivity index (χ4n) is 2.38. The Morgan fingerprint density at radius 2 is 2.08 bits per heavy atom. The molecular formula is C18H13ClFNO5. The molecule has 8 heteroatoms. The number of halogens is 2. The lowest BCUT2D eigenvalue weighted by atomic mass is 10.1. The Balaban J connectivity index is 1.61. The Morgan fingerprint density at radius 1 is 1.27 bits per heavy atom. The molecular weight excluding hydrogens is 365 g/mol. The Bertz CT molecular complexity index is 879. The molecule has 3 rings (SSSR count). The summed E-state index contributed by atoms with van der Waals surface area (Å²) in [6.45, 7) is -0.602. The molecule has 0 spiro atoms. The SMILES string of the molecule is O=C1COc2ccc(C(=O)COC(=O)Cc3c(F)cccc3Cl)cc2N1. The molecule has 0 aliphatic carbocycles. The van der Waals surface area contributed by atoms with Crippen LogP contribution in [-0.4, -0.2) is 30.9 Å². The quantitative estimate of drug-likeness (QED) is 0.640. The van der Waals surface area contributed by atoms with E-state index in [9.17, 15) is 18.8 Å². The number of ketones is 1. The molecule has 0 saturated carbocycles. The highest BCUT2D eigenvalue weighted by atomic mass is 35.5. The summed E-state index contributed by atoms with van der Waals surface area (Å²) in [7, 11) is 0. The number of hydrogen-bond acceptors (Lipinski definition) is 5. The molecule has 0 radical (unpaired) electrons. The van der Waals surface area contributed by atoms with Gasteiger partial charge in [0.15, 0.2) is 19.0 Å². The Kier molecular flexibility index (Phi) is 5.18. The number of fused-ring (bicyclic) bond motifs is 1. The van der Waals surface area contributed by atoms with Gasteiger partial charge in [-0.3, -0.25) is 14.4 Å². The standard InChI is InChI=1S/C18H13ClFNO5/c19-12-2-1-3-13(20)11(12)7-18(24)26-8-15(22)10-4-5-16-14(6-10)21-17(23)9-25-16/h1-6H,7-9H2,(H,21,23). The number of carbonyl (C=O) groups excluding carboxylic acids is 3. The van der Waals surface area contributed by atoms with Crippen molar-refractivity contribution in [3.05, 3.63) is 58.4 Å². The van der Waals surface area contributed by atoms with Gasteiger partial charge in [-0.15, -0.1) is 0 Å². The van der Waals surface area contributed by atoms with Crippen LogP contribution in [0.3, 0.4) is 0 Å². The first-order valence-corrected chi connectivity index (χ1v) is 8.00. The van der Waals surface area contributed by atoms with E-state index in [1.807, 2.05) is 0 Å². The number of carbonyl (C=O) groups is 3. The number of hydrogen-bond donors (Lipinski definition) is 1. The fourth-order valence-corrected chi connectivity index (χ4v) is 2.61. The summed E-state index contributed by atoms with van der Waals surface area (Å²) in [4.78, 5) is 35.3. The average molecular weight is 378 g/mol. The number of ether oxygens (including phenoxy) is 2. The maximum absolute atomic E-state index is 13.7. The van der Waals surface area contributed by atoms with Crippen molar-refractivity contribution in [2.75, 3.05) is 18.5 Å². The lowest BCUT2D eigenvalue weighted by molar-refractivity contribution is -0.141. The molecule has 2 aromatic carbocycles. The summed E-state index contributed by atoms with van der Waals surface area (Å²) < 4.78 is 23.8. The minimum absolute atomic E-state index is 0.0141. The maximum Gasteiger partial charge on any atom is 0.310 e. The third-order valence-corrected chi connectivity index (χ3v) is 4.04. The molecule has 6 nitrogen and oxygen atoms in total. The lowest BCUT2D eigenvalue weighted by Crippen LogP contribution is -2.25. The third kappa shape index (κ3) is 4.00. The van der Waals surface area contributed by atoms with Crippen molar-refractivity contribution in [3.63, 3.8) is 0 Å². The van der Waals surface area contributed by atoms with Crippen LogP contribution in [0.2, 0.25) is 5.02 Å². The molecule has 1 N–H and O–H groups in total. The highest BCUT2D eigenvalue weighted by Crippen LogP contribution is 2.28. The van der Waals surface area contributed by atoms with Crippen LogP contribution < -0.4 is 10.1 Å². The van der Waals surface area contributed by atoms with Crippen LogP contribution in [-0.2, 0) is 20.7 Å². The van der Waals surface area contributed by atoms with Gasteiger partial charge in [0.2, 0.25) is 0 Å². The van der Waals surface area contributed by atoms with E-state index in [-0.39, 0.29) is 35.1 Å². The maximum atomic E-state index is 13.7. The minimum Gasteiger partial charge on any atom is -0.482 e. The van der Waals surface area contributed by atoms with Crippen LogP contribution >= 0.6 is 11.6 Å². The van der Waals surface area contributed by atoms with Crippen LogP contribution in [0.4, 0.5) is 10.1 Å². The van der Waals surface area contributed by atoms with Crippen molar-refractivity contribution >= 4 is 34.9 Å². The number of rotatable bonds is 5. The van der Waals surface area contributed by atoms with Crippen LogP contribution in [0.5, 0.6) is 5.75 Å². The minimum atomic E-state index is -0.778. The third-order valence-electron chi connectivity index (χ3n) is 3.68.